The minimum atomic E-state index is -0.914. The first kappa shape index (κ1) is 15.3. The van der Waals surface area contributed by atoms with Crippen molar-refractivity contribution in [3.8, 4) is 0 Å². The average Bonchev–Trinajstić information content (AvgIpc) is 3.07. The number of carboxylic acids is 1. The predicted molar refractivity (Wildman–Crippen MR) is 73.7 cm³/mol. The van der Waals surface area contributed by atoms with Gasteiger partial charge in [-0.3, -0.25) is 4.79 Å². The molecule has 0 radical (unpaired) electrons. The summed E-state index contributed by atoms with van der Waals surface area (Å²) in [5.74, 6) is 1.38. The Kier molecular flexibility index (Phi) is 6.54. The lowest BCUT2D eigenvalue weighted by molar-refractivity contribution is -0.141. The van der Waals surface area contributed by atoms with E-state index in [1.165, 1.54) is 0 Å². The zero-order valence-corrected chi connectivity index (χ0v) is 12.0. The molecule has 5 heteroatoms. The first-order valence-corrected chi connectivity index (χ1v) is 7.74. The molecule has 1 amide bonds. The number of rotatable bonds is 9. The molecule has 18 heavy (non-hydrogen) atoms. The van der Waals surface area contributed by atoms with Crippen LogP contribution >= 0.6 is 11.8 Å². The SMILES string of the molecule is CC(C)CCSCC(=O)NC(CC1CC1)C(=O)O. The van der Waals surface area contributed by atoms with Gasteiger partial charge in [0.1, 0.15) is 6.04 Å². The summed E-state index contributed by atoms with van der Waals surface area (Å²) in [6.45, 7) is 4.30. The summed E-state index contributed by atoms with van der Waals surface area (Å²) in [4.78, 5) is 22.6. The molecule has 0 aromatic carbocycles. The van der Waals surface area contributed by atoms with E-state index < -0.39 is 12.0 Å². The number of carbonyl (C=O) groups excluding carboxylic acids is 1. The van der Waals surface area contributed by atoms with Crippen LogP contribution in [-0.2, 0) is 9.59 Å². The van der Waals surface area contributed by atoms with Crippen molar-refractivity contribution >= 4 is 23.6 Å². The van der Waals surface area contributed by atoms with E-state index in [1.807, 2.05) is 0 Å². The van der Waals surface area contributed by atoms with Gasteiger partial charge in [-0.15, -0.1) is 0 Å². The Morgan fingerprint density at radius 1 is 1.39 bits per heavy atom. The van der Waals surface area contributed by atoms with Crippen LogP contribution in [-0.4, -0.2) is 34.5 Å². The number of hydrogen-bond donors (Lipinski definition) is 2. The fourth-order valence-electron chi connectivity index (χ4n) is 1.63. The lowest BCUT2D eigenvalue weighted by atomic mass is 10.1. The highest BCUT2D eigenvalue weighted by Gasteiger charge is 2.29. The van der Waals surface area contributed by atoms with Gasteiger partial charge in [0.2, 0.25) is 5.91 Å². The molecule has 1 aliphatic carbocycles. The van der Waals surface area contributed by atoms with Gasteiger partial charge in [-0.2, -0.15) is 11.8 Å². The van der Waals surface area contributed by atoms with Crippen LogP contribution in [0.15, 0.2) is 0 Å². The standard InChI is InChI=1S/C13H23NO3S/c1-9(2)5-6-18-8-12(15)14-11(13(16)17)7-10-3-4-10/h9-11H,3-8H2,1-2H3,(H,14,15)(H,16,17). The number of amides is 1. The molecule has 0 saturated heterocycles. The predicted octanol–water partition coefficient (Wildman–Crippen LogP) is 2.14. The molecule has 1 rings (SSSR count). The number of carbonyl (C=O) groups is 2. The van der Waals surface area contributed by atoms with Crippen molar-refractivity contribution in [3.63, 3.8) is 0 Å². The highest BCUT2D eigenvalue weighted by Crippen LogP contribution is 2.33. The molecular weight excluding hydrogens is 250 g/mol. The summed E-state index contributed by atoms with van der Waals surface area (Å²) in [5, 5.41) is 11.6. The van der Waals surface area contributed by atoms with E-state index in [4.69, 9.17) is 5.11 Å². The van der Waals surface area contributed by atoms with Crippen LogP contribution in [0.1, 0.15) is 39.5 Å². The maximum Gasteiger partial charge on any atom is 0.326 e. The van der Waals surface area contributed by atoms with E-state index in [1.54, 1.807) is 11.8 Å². The summed E-state index contributed by atoms with van der Waals surface area (Å²) in [6.07, 6.45) is 3.87. The van der Waals surface area contributed by atoms with Gasteiger partial charge in [0.05, 0.1) is 5.75 Å². The highest BCUT2D eigenvalue weighted by atomic mass is 32.2. The Labute approximate surface area is 113 Å². The molecule has 2 N–H and O–H groups in total. The van der Waals surface area contributed by atoms with Crippen LogP contribution in [0.4, 0.5) is 0 Å². The monoisotopic (exact) mass is 273 g/mol. The molecule has 0 bridgehead atoms. The van der Waals surface area contributed by atoms with Crippen LogP contribution in [0.3, 0.4) is 0 Å². The van der Waals surface area contributed by atoms with Crippen LogP contribution in [0.2, 0.25) is 0 Å². The normalized spacial score (nSPS) is 16.6. The third-order valence-corrected chi connectivity index (χ3v) is 3.96. The van der Waals surface area contributed by atoms with Crippen molar-refractivity contribution < 1.29 is 14.7 Å². The molecule has 1 saturated carbocycles. The van der Waals surface area contributed by atoms with Gasteiger partial charge in [-0.25, -0.2) is 4.79 Å². The molecule has 104 valence electrons. The third-order valence-electron chi connectivity index (χ3n) is 2.97. The maximum absolute atomic E-state index is 11.6. The lowest BCUT2D eigenvalue weighted by Crippen LogP contribution is -2.42. The third kappa shape index (κ3) is 6.89. The van der Waals surface area contributed by atoms with Crippen LogP contribution in [0.25, 0.3) is 0 Å². The Balaban J connectivity index is 2.17. The van der Waals surface area contributed by atoms with E-state index in [-0.39, 0.29) is 5.91 Å². The van der Waals surface area contributed by atoms with Crippen LogP contribution < -0.4 is 5.32 Å². The zero-order chi connectivity index (χ0) is 13.5. The molecule has 0 heterocycles. The van der Waals surface area contributed by atoms with Crippen LogP contribution in [0.5, 0.6) is 0 Å². The smallest absolute Gasteiger partial charge is 0.326 e. The Bertz CT molecular complexity index is 290. The number of thioether (sulfide) groups is 1. The molecule has 0 aliphatic heterocycles. The highest BCUT2D eigenvalue weighted by molar-refractivity contribution is 7.99. The average molecular weight is 273 g/mol. The second-order valence-electron chi connectivity index (χ2n) is 5.37. The van der Waals surface area contributed by atoms with Gasteiger partial charge in [0.15, 0.2) is 0 Å². The largest absolute Gasteiger partial charge is 0.480 e. The van der Waals surface area contributed by atoms with Gasteiger partial charge in [0.25, 0.3) is 0 Å². The summed E-state index contributed by atoms with van der Waals surface area (Å²) in [7, 11) is 0. The molecule has 1 atom stereocenters. The van der Waals surface area contributed by atoms with E-state index in [0.29, 0.717) is 24.0 Å². The van der Waals surface area contributed by atoms with Crippen molar-refractivity contribution in [1.29, 1.82) is 0 Å². The summed E-state index contributed by atoms with van der Waals surface area (Å²) >= 11 is 1.57. The van der Waals surface area contributed by atoms with Gasteiger partial charge in [-0.05, 0) is 30.4 Å². The zero-order valence-electron chi connectivity index (χ0n) is 11.1. The molecule has 0 spiro atoms. The second-order valence-corrected chi connectivity index (χ2v) is 6.48. The summed E-state index contributed by atoms with van der Waals surface area (Å²) in [5.41, 5.74) is 0. The number of hydrogen-bond acceptors (Lipinski definition) is 3. The second kappa shape index (κ2) is 7.67. The van der Waals surface area contributed by atoms with Gasteiger partial charge < -0.3 is 10.4 Å². The lowest BCUT2D eigenvalue weighted by Gasteiger charge is -2.14. The van der Waals surface area contributed by atoms with Gasteiger partial charge >= 0.3 is 5.97 Å². The van der Waals surface area contributed by atoms with Crippen molar-refractivity contribution in [1.82, 2.24) is 5.32 Å². The molecule has 1 aliphatic rings. The number of carboxylic acid groups (broad SMARTS) is 1. The topological polar surface area (TPSA) is 66.4 Å². The van der Waals surface area contributed by atoms with Crippen molar-refractivity contribution in [3.05, 3.63) is 0 Å². The Hall–Kier alpha value is -0.710. The minimum Gasteiger partial charge on any atom is -0.480 e. The van der Waals surface area contributed by atoms with Gasteiger partial charge in [0, 0.05) is 0 Å². The molecule has 1 unspecified atom stereocenters. The van der Waals surface area contributed by atoms with E-state index in [9.17, 15) is 9.59 Å². The van der Waals surface area contributed by atoms with Crippen LogP contribution in [0, 0.1) is 11.8 Å². The quantitative estimate of drug-likeness (QED) is 0.632. The van der Waals surface area contributed by atoms with Gasteiger partial charge in [-0.1, -0.05) is 26.7 Å². The number of aliphatic carboxylic acids is 1. The van der Waals surface area contributed by atoms with E-state index in [0.717, 1.165) is 25.0 Å². The summed E-state index contributed by atoms with van der Waals surface area (Å²) < 4.78 is 0. The van der Waals surface area contributed by atoms with Crippen molar-refractivity contribution in [2.45, 2.75) is 45.6 Å². The molecule has 0 aromatic heterocycles. The molecule has 1 fully saturated rings. The maximum atomic E-state index is 11.6. The van der Waals surface area contributed by atoms with E-state index in [2.05, 4.69) is 19.2 Å². The Morgan fingerprint density at radius 2 is 2.06 bits per heavy atom. The Morgan fingerprint density at radius 3 is 2.56 bits per heavy atom. The van der Waals surface area contributed by atoms with E-state index >= 15 is 0 Å². The number of nitrogens with one attached hydrogen (secondary N) is 1. The molecule has 0 aromatic rings. The summed E-state index contributed by atoms with van der Waals surface area (Å²) in [6, 6.07) is -0.698. The van der Waals surface area contributed by atoms with Crippen molar-refractivity contribution in [2.75, 3.05) is 11.5 Å². The fraction of sp³-hybridized carbons (Fsp3) is 0.846. The first-order valence-electron chi connectivity index (χ1n) is 6.59. The van der Waals surface area contributed by atoms with Crippen molar-refractivity contribution in [2.24, 2.45) is 11.8 Å². The first-order chi connectivity index (χ1) is 8.49. The molecule has 4 nitrogen and oxygen atoms in total. The fourth-order valence-corrected chi connectivity index (χ4v) is 2.68. The molecular formula is C13H23NO3S. The minimum absolute atomic E-state index is 0.156.